The molecule has 1 amide bonds. The van der Waals surface area contributed by atoms with Crippen molar-refractivity contribution >= 4 is 38.4 Å². The molecule has 0 saturated heterocycles. The van der Waals surface area contributed by atoms with Crippen LogP contribution in [0.5, 0.6) is 0 Å². The topological polar surface area (TPSA) is 64.7 Å². The Bertz CT molecular complexity index is 1260. The zero-order valence-corrected chi connectivity index (χ0v) is 17.9. The highest BCUT2D eigenvalue weighted by atomic mass is 79.9. The van der Waals surface area contributed by atoms with E-state index in [4.69, 9.17) is 0 Å². The molecular formula is C21H17BrF3N5O. The summed E-state index contributed by atoms with van der Waals surface area (Å²) in [7, 11) is 0. The molecule has 31 heavy (non-hydrogen) atoms. The first-order valence-corrected chi connectivity index (χ1v) is 10.1. The average molecular weight is 492 g/mol. The van der Waals surface area contributed by atoms with Crippen LogP contribution in [0.4, 0.5) is 19.0 Å². The smallest absolute Gasteiger partial charge is 0.308 e. The Morgan fingerprint density at radius 2 is 1.84 bits per heavy atom. The Labute approximate surface area is 183 Å². The quantitative estimate of drug-likeness (QED) is 0.426. The van der Waals surface area contributed by atoms with Gasteiger partial charge in [-0.3, -0.25) is 14.2 Å². The highest BCUT2D eigenvalue weighted by Crippen LogP contribution is 2.35. The number of carbonyl (C=O) groups is 1. The highest BCUT2D eigenvalue weighted by Gasteiger charge is 2.38. The Morgan fingerprint density at radius 3 is 2.58 bits per heavy atom. The normalized spacial score (nSPS) is 11.8. The third kappa shape index (κ3) is 4.48. The second-order valence-electron chi connectivity index (χ2n) is 6.99. The second-order valence-corrected chi connectivity index (χ2v) is 7.78. The van der Waals surface area contributed by atoms with Crippen molar-refractivity contribution in [1.29, 1.82) is 0 Å². The molecule has 6 nitrogen and oxygen atoms in total. The summed E-state index contributed by atoms with van der Waals surface area (Å²) in [5.74, 6) is -0.215. The summed E-state index contributed by atoms with van der Waals surface area (Å²) in [6.07, 6.45) is -2.87. The number of fused-ring (bicyclic) bond motifs is 1. The van der Waals surface area contributed by atoms with E-state index in [0.29, 0.717) is 12.4 Å². The summed E-state index contributed by atoms with van der Waals surface area (Å²) in [6, 6.07) is 15.7. The van der Waals surface area contributed by atoms with Crippen LogP contribution in [-0.4, -0.2) is 25.5 Å². The Hall–Kier alpha value is -3.14. The lowest BCUT2D eigenvalue weighted by atomic mass is 10.0. The van der Waals surface area contributed by atoms with E-state index in [1.54, 1.807) is 16.9 Å². The van der Waals surface area contributed by atoms with E-state index in [0.717, 1.165) is 21.0 Å². The maximum absolute atomic E-state index is 13.0. The lowest BCUT2D eigenvalue weighted by Crippen LogP contribution is -2.21. The summed E-state index contributed by atoms with van der Waals surface area (Å²) in [5.41, 5.74) is 0.233. The molecular weight excluding hydrogens is 475 g/mol. The van der Waals surface area contributed by atoms with Gasteiger partial charge < -0.3 is 5.32 Å². The van der Waals surface area contributed by atoms with Crippen LogP contribution in [-0.2, 0) is 24.1 Å². The number of nitrogens with one attached hydrogen (secondary N) is 1. The fraction of sp³-hybridized carbons (Fsp3) is 0.190. The van der Waals surface area contributed by atoms with Crippen molar-refractivity contribution in [3.05, 3.63) is 76.2 Å². The Kier molecular flexibility index (Phi) is 5.57. The number of hydrogen-bond acceptors (Lipinski definition) is 3. The van der Waals surface area contributed by atoms with E-state index in [9.17, 15) is 18.0 Å². The zero-order valence-electron chi connectivity index (χ0n) is 16.3. The van der Waals surface area contributed by atoms with Gasteiger partial charge in [-0.1, -0.05) is 42.5 Å². The van der Waals surface area contributed by atoms with Crippen LogP contribution in [0.2, 0.25) is 0 Å². The number of benzene rings is 2. The van der Waals surface area contributed by atoms with Crippen LogP contribution in [0.25, 0.3) is 10.8 Å². The average Bonchev–Trinajstić information content (AvgIpc) is 3.27. The summed E-state index contributed by atoms with van der Waals surface area (Å²) < 4.78 is 41.5. The van der Waals surface area contributed by atoms with Gasteiger partial charge in [0.1, 0.15) is 6.54 Å². The minimum Gasteiger partial charge on any atom is -0.308 e. The molecule has 0 spiro atoms. The second kappa shape index (κ2) is 8.18. The van der Waals surface area contributed by atoms with Crippen molar-refractivity contribution in [2.45, 2.75) is 26.2 Å². The molecule has 4 rings (SSSR count). The molecule has 10 heteroatoms. The molecule has 0 aliphatic rings. The maximum atomic E-state index is 13.0. The lowest BCUT2D eigenvalue weighted by Gasteiger charge is -2.07. The van der Waals surface area contributed by atoms with Crippen LogP contribution < -0.4 is 5.32 Å². The number of aromatic nitrogens is 4. The van der Waals surface area contributed by atoms with E-state index in [1.165, 1.54) is 6.92 Å². The monoisotopic (exact) mass is 491 g/mol. The molecule has 2 heterocycles. The Balaban J connectivity index is 1.45. The Morgan fingerprint density at radius 1 is 1.10 bits per heavy atom. The van der Waals surface area contributed by atoms with E-state index < -0.39 is 17.8 Å². The van der Waals surface area contributed by atoms with Gasteiger partial charge >= 0.3 is 6.18 Å². The molecule has 2 aromatic carbocycles. The summed E-state index contributed by atoms with van der Waals surface area (Å²) in [4.78, 5) is 12.3. The third-order valence-corrected chi connectivity index (χ3v) is 5.77. The summed E-state index contributed by atoms with van der Waals surface area (Å²) >= 11 is 2.89. The van der Waals surface area contributed by atoms with Crippen LogP contribution in [0.15, 0.2) is 59.2 Å². The number of nitrogens with zero attached hydrogens (tertiary/aromatic N) is 4. The van der Waals surface area contributed by atoms with Gasteiger partial charge in [0.05, 0.1) is 16.7 Å². The lowest BCUT2D eigenvalue weighted by molar-refractivity contribution is -0.142. The number of hydrogen-bond donors (Lipinski definition) is 1. The summed E-state index contributed by atoms with van der Waals surface area (Å²) in [5, 5.41) is 12.7. The predicted octanol–water partition coefficient (Wildman–Crippen LogP) is 5.01. The number of alkyl halides is 3. The van der Waals surface area contributed by atoms with Gasteiger partial charge in [0.25, 0.3) is 0 Å². The van der Waals surface area contributed by atoms with Crippen molar-refractivity contribution in [2.75, 3.05) is 5.32 Å². The standard InChI is InChI=1S/C21H17BrF3N5O/c1-13-19(22)20(21(23,24)25)28-30(13)12-18(31)26-17-9-10-29(27-17)11-15-7-4-6-14-5-2-3-8-16(14)15/h2-10H,11-12H2,1H3,(H,26,27,31). The van der Waals surface area contributed by atoms with E-state index in [1.807, 2.05) is 42.5 Å². The minimum atomic E-state index is -4.61. The number of amides is 1. The molecule has 2 aromatic heterocycles. The fourth-order valence-electron chi connectivity index (χ4n) is 3.30. The van der Waals surface area contributed by atoms with Gasteiger partial charge in [-0.2, -0.15) is 23.4 Å². The first-order valence-electron chi connectivity index (χ1n) is 9.32. The third-order valence-electron chi connectivity index (χ3n) is 4.82. The number of anilines is 1. The minimum absolute atomic E-state index is 0.174. The van der Waals surface area contributed by atoms with Crippen LogP contribution in [0, 0.1) is 6.92 Å². The van der Waals surface area contributed by atoms with Gasteiger partial charge in [0.15, 0.2) is 11.5 Å². The molecule has 1 N–H and O–H groups in total. The van der Waals surface area contributed by atoms with Gasteiger partial charge in [-0.25, -0.2) is 0 Å². The molecule has 160 valence electrons. The summed E-state index contributed by atoms with van der Waals surface area (Å²) in [6.45, 7) is 1.60. The molecule has 0 fully saturated rings. The fourth-order valence-corrected chi connectivity index (χ4v) is 3.81. The zero-order chi connectivity index (χ0) is 22.2. The van der Waals surface area contributed by atoms with Crippen molar-refractivity contribution in [3.63, 3.8) is 0 Å². The van der Waals surface area contributed by atoms with Crippen molar-refractivity contribution in [1.82, 2.24) is 19.6 Å². The maximum Gasteiger partial charge on any atom is 0.436 e. The van der Waals surface area contributed by atoms with E-state index >= 15 is 0 Å². The predicted molar refractivity (Wildman–Crippen MR) is 114 cm³/mol. The van der Waals surface area contributed by atoms with E-state index in [2.05, 4.69) is 31.4 Å². The number of rotatable bonds is 5. The van der Waals surface area contributed by atoms with E-state index in [-0.39, 0.29) is 16.7 Å². The van der Waals surface area contributed by atoms with Gasteiger partial charge in [-0.15, -0.1) is 0 Å². The molecule has 0 radical (unpaired) electrons. The molecule has 4 aromatic rings. The largest absolute Gasteiger partial charge is 0.436 e. The van der Waals surface area contributed by atoms with Crippen molar-refractivity contribution in [3.8, 4) is 0 Å². The van der Waals surface area contributed by atoms with Crippen LogP contribution >= 0.6 is 15.9 Å². The highest BCUT2D eigenvalue weighted by molar-refractivity contribution is 9.10. The van der Waals surface area contributed by atoms with Crippen molar-refractivity contribution in [2.24, 2.45) is 0 Å². The molecule has 0 unspecified atom stereocenters. The molecule has 0 aliphatic carbocycles. The van der Waals surface area contributed by atoms with Crippen LogP contribution in [0.3, 0.4) is 0 Å². The first kappa shape index (κ1) is 21.1. The van der Waals surface area contributed by atoms with Crippen LogP contribution in [0.1, 0.15) is 17.0 Å². The SMILES string of the molecule is Cc1c(Br)c(C(F)(F)F)nn1CC(=O)Nc1ccn(Cc2cccc3ccccc23)n1. The van der Waals surface area contributed by atoms with Gasteiger partial charge in [-0.05, 0) is 39.2 Å². The molecule has 0 bridgehead atoms. The van der Waals surface area contributed by atoms with Crippen molar-refractivity contribution < 1.29 is 18.0 Å². The number of carbonyl (C=O) groups excluding carboxylic acids is 1. The van der Waals surface area contributed by atoms with Gasteiger partial charge in [0, 0.05) is 12.3 Å². The molecule has 0 atom stereocenters. The first-order chi connectivity index (χ1) is 14.7. The molecule has 0 aliphatic heterocycles. The van der Waals surface area contributed by atoms with Gasteiger partial charge in [0.2, 0.25) is 5.91 Å². The number of halogens is 4. The molecule has 0 saturated carbocycles.